The van der Waals surface area contributed by atoms with Crippen LogP contribution in [0, 0.1) is 0 Å². The monoisotopic (exact) mass is 406 g/mol. The molecule has 27 heavy (non-hydrogen) atoms. The summed E-state index contributed by atoms with van der Waals surface area (Å²) in [7, 11) is -3.59. The van der Waals surface area contributed by atoms with Crippen molar-refractivity contribution in [3.63, 3.8) is 0 Å². The lowest BCUT2D eigenvalue weighted by molar-refractivity contribution is 0.0318. The van der Waals surface area contributed by atoms with Crippen LogP contribution in [0.5, 0.6) is 0 Å². The topological polar surface area (TPSA) is 77.5 Å². The molecule has 0 N–H and O–H groups in total. The Bertz CT molecular complexity index is 1030. The molecule has 0 bridgehead atoms. The van der Waals surface area contributed by atoms with Crippen molar-refractivity contribution >= 4 is 33.2 Å². The first-order chi connectivity index (χ1) is 12.7. The van der Waals surface area contributed by atoms with Gasteiger partial charge < -0.3 is 4.74 Å². The molecule has 0 aromatic heterocycles. The van der Waals surface area contributed by atoms with Gasteiger partial charge in [0.2, 0.25) is 5.78 Å². The third-order valence-corrected chi connectivity index (χ3v) is 6.18. The highest BCUT2D eigenvalue weighted by molar-refractivity contribution is 7.90. The van der Waals surface area contributed by atoms with Crippen molar-refractivity contribution in [3.8, 4) is 0 Å². The van der Waals surface area contributed by atoms with E-state index in [4.69, 9.17) is 16.3 Å². The van der Waals surface area contributed by atoms with Gasteiger partial charge in [0.25, 0.3) is 0 Å². The number of esters is 1. The molecule has 5 nitrogen and oxygen atoms in total. The van der Waals surface area contributed by atoms with Gasteiger partial charge in [-0.3, -0.25) is 4.79 Å². The number of hydrogen-bond acceptors (Lipinski definition) is 5. The van der Waals surface area contributed by atoms with E-state index >= 15 is 0 Å². The zero-order valence-electron chi connectivity index (χ0n) is 15.0. The Balaban J connectivity index is 1.77. The summed E-state index contributed by atoms with van der Waals surface area (Å²) in [5.74, 6) is -1.08. The molecule has 0 amide bonds. The van der Waals surface area contributed by atoms with Gasteiger partial charge in [0, 0.05) is 11.8 Å². The number of aryl methyl sites for hydroxylation is 2. The minimum atomic E-state index is -3.59. The predicted octanol–water partition coefficient (Wildman–Crippen LogP) is 3.66. The third-order valence-electron chi connectivity index (χ3n) is 4.60. The van der Waals surface area contributed by atoms with Gasteiger partial charge in [-0.25, -0.2) is 13.2 Å². The summed E-state index contributed by atoms with van der Waals surface area (Å²) in [5, 5.41) is 0.0244. The SMILES string of the molecule is C[C@@H](OC(=O)c1ccc(Cl)c(S(C)(=O)=O)c1)C(=O)c1ccc2c(c1)CCC2. The molecule has 0 spiro atoms. The molecule has 0 fully saturated rings. The standard InChI is InChI=1S/C20H19ClO5S/c1-12(19(22)15-7-6-13-4-3-5-14(13)10-15)26-20(23)16-8-9-17(21)18(11-16)27(2,24)25/h6-12H,3-5H2,1-2H3/t12-/m1/s1. The Kier molecular flexibility index (Phi) is 5.40. The Hall–Kier alpha value is -2.18. The minimum absolute atomic E-state index is 0.0217. The van der Waals surface area contributed by atoms with Gasteiger partial charge in [-0.1, -0.05) is 23.7 Å². The molecule has 1 atom stereocenters. The second-order valence-corrected chi connectivity index (χ2v) is 9.06. The Morgan fingerprint density at radius 2 is 1.70 bits per heavy atom. The van der Waals surface area contributed by atoms with Gasteiger partial charge in [-0.2, -0.15) is 0 Å². The summed E-state index contributed by atoms with van der Waals surface area (Å²) in [5.41, 5.74) is 2.94. The summed E-state index contributed by atoms with van der Waals surface area (Å²) in [6, 6.07) is 9.40. The van der Waals surface area contributed by atoms with Crippen LogP contribution in [-0.4, -0.2) is 32.5 Å². The summed E-state index contributed by atoms with van der Waals surface area (Å²) in [6.07, 6.45) is 3.06. The molecule has 0 aliphatic heterocycles. The molecule has 2 aromatic carbocycles. The van der Waals surface area contributed by atoms with Crippen molar-refractivity contribution < 1.29 is 22.7 Å². The molecule has 0 saturated carbocycles. The van der Waals surface area contributed by atoms with E-state index in [1.165, 1.54) is 24.6 Å². The molecular weight excluding hydrogens is 388 g/mol. The number of rotatable bonds is 5. The van der Waals surface area contributed by atoms with Crippen LogP contribution in [0.25, 0.3) is 0 Å². The molecule has 0 unspecified atom stereocenters. The van der Waals surface area contributed by atoms with E-state index in [1.807, 2.05) is 12.1 Å². The zero-order valence-corrected chi connectivity index (χ0v) is 16.6. The van der Waals surface area contributed by atoms with Crippen LogP contribution in [0.1, 0.15) is 45.2 Å². The van der Waals surface area contributed by atoms with Gasteiger partial charge in [-0.15, -0.1) is 0 Å². The van der Waals surface area contributed by atoms with Crippen molar-refractivity contribution in [1.82, 2.24) is 0 Å². The normalized spacial score (nSPS) is 14.5. The average Bonchev–Trinajstić information content (AvgIpc) is 3.07. The number of sulfone groups is 1. The van der Waals surface area contributed by atoms with Gasteiger partial charge in [-0.05, 0) is 61.6 Å². The highest BCUT2D eigenvalue weighted by Gasteiger charge is 2.23. The molecule has 0 saturated heterocycles. The van der Waals surface area contributed by atoms with Gasteiger partial charge >= 0.3 is 5.97 Å². The lowest BCUT2D eigenvalue weighted by Crippen LogP contribution is -2.24. The number of ether oxygens (including phenoxy) is 1. The summed E-state index contributed by atoms with van der Waals surface area (Å²) in [4.78, 5) is 24.8. The third kappa shape index (κ3) is 4.22. The zero-order chi connectivity index (χ0) is 19.8. The van der Waals surface area contributed by atoms with E-state index in [0.29, 0.717) is 5.56 Å². The van der Waals surface area contributed by atoms with Crippen molar-refractivity contribution in [3.05, 3.63) is 63.7 Å². The molecule has 0 radical (unpaired) electrons. The number of benzene rings is 2. The number of halogens is 1. The maximum atomic E-state index is 12.6. The van der Waals surface area contributed by atoms with E-state index in [2.05, 4.69) is 0 Å². The Labute approximate surface area is 163 Å². The van der Waals surface area contributed by atoms with E-state index in [0.717, 1.165) is 37.1 Å². The smallest absolute Gasteiger partial charge is 0.338 e. The van der Waals surface area contributed by atoms with Crippen LogP contribution in [0.3, 0.4) is 0 Å². The quantitative estimate of drug-likeness (QED) is 0.559. The molecule has 2 aromatic rings. The number of Topliss-reactive ketones (excluding diaryl/α,β-unsaturated/α-hetero) is 1. The van der Waals surface area contributed by atoms with Crippen molar-refractivity contribution in [1.29, 1.82) is 0 Å². The highest BCUT2D eigenvalue weighted by Crippen LogP contribution is 2.25. The van der Waals surface area contributed by atoms with Crippen molar-refractivity contribution in [2.45, 2.75) is 37.2 Å². The summed E-state index contributed by atoms with van der Waals surface area (Å²) >= 11 is 5.88. The maximum Gasteiger partial charge on any atom is 0.338 e. The maximum absolute atomic E-state index is 12.6. The fourth-order valence-electron chi connectivity index (χ4n) is 3.16. The number of carbonyl (C=O) groups is 2. The predicted molar refractivity (Wildman–Crippen MR) is 102 cm³/mol. The first-order valence-electron chi connectivity index (χ1n) is 8.53. The molecule has 1 aliphatic rings. The second-order valence-electron chi connectivity index (χ2n) is 6.67. The number of carbonyl (C=O) groups excluding carboxylic acids is 2. The van der Waals surface area contributed by atoms with Crippen LogP contribution in [0.15, 0.2) is 41.3 Å². The molecular formula is C20H19ClO5S. The number of fused-ring (bicyclic) bond motifs is 1. The lowest BCUT2D eigenvalue weighted by atomic mass is 10.0. The average molecular weight is 407 g/mol. The second kappa shape index (κ2) is 7.44. The van der Waals surface area contributed by atoms with E-state index in [9.17, 15) is 18.0 Å². The van der Waals surface area contributed by atoms with Crippen LogP contribution in [0.4, 0.5) is 0 Å². The number of hydrogen-bond donors (Lipinski definition) is 0. The first-order valence-corrected chi connectivity index (χ1v) is 10.8. The fourth-order valence-corrected chi connectivity index (χ4v) is 4.46. The molecule has 1 aliphatic carbocycles. The largest absolute Gasteiger partial charge is 0.451 e. The van der Waals surface area contributed by atoms with Crippen LogP contribution in [-0.2, 0) is 27.4 Å². The van der Waals surface area contributed by atoms with Crippen LogP contribution >= 0.6 is 11.6 Å². The fraction of sp³-hybridized carbons (Fsp3) is 0.300. The first kappa shape index (κ1) is 19.6. The van der Waals surface area contributed by atoms with Crippen molar-refractivity contribution in [2.75, 3.05) is 6.26 Å². The van der Waals surface area contributed by atoms with E-state index in [1.54, 1.807) is 6.07 Å². The Morgan fingerprint density at radius 1 is 1.04 bits per heavy atom. The Morgan fingerprint density at radius 3 is 2.41 bits per heavy atom. The molecule has 142 valence electrons. The molecule has 0 heterocycles. The van der Waals surface area contributed by atoms with Gasteiger partial charge in [0.1, 0.15) is 0 Å². The van der Waals surface area contributed by atoms with Crippen LogP contribution in [0.2, 0.25) is 5.02 Å². The summed E-state index contributed by atoms with van der Waals surface area (Å²) < 4.78 is 28.7. The lowest BCUT2D eigenvalue weighted by Gasteiger charge is -2.14. The van der Waals surface area contributed by atoms with Gasteiger partial charge in [0.15, 0.2) is 15.9 Å². The van der Waals surface area contributed by atoms with Crippen molar-refractivity contribution in [2.24, 2.45) is 0 Å². The highest BCUT2D eigenvalue weighted by atomic mass is 35.5. The summed E-state index contributed by atoms with van der Waals surface area (Å²) in [6.45, 7) is 1.50. The molecule has 3 rings (SSSR count). The van der Waals surface area contributed by atoms with Crippen LogP contribution < -0.4 is 0 Å². The number of ketones is 1. The molecule has 7 heteroatoms. The van der Waals surface area contributed by atoms with E-state index < -0.39 is 21.9 Å². The van der Waals surface area contributed by atoms with Gasteiger partial charge in [0.05, 0.1) is 15.5 Å². The minimum Gasteiger partial charge on any atom is -0.451 e. The van der Waals surface area contributed by atoms with E-state index in [-0.39, 0.29) is 21.3 Å².